The van der Waals surface area contributed by atoms with E-state index in [0.717, 1.165) is 37.7 Å². The van der Waals surface area contributed by atoms with Gasteiger partial charge in [-0.25, -0.2) is 4.79 Å². The Labute approximate surface area is 280 Å². The molecule has 1 aromatic carbocycles. The molecule has 0 aromatic heterocycles. The lowest BCUT2D eigenvalue weighted by Gasteiger charge is -2.35. The largest absolute Gasteiger partial charge is 0.446 e. The summed E-state index contributed by atoms with van der Waals surface area (Å²) in [5, 5.41) is 6.12. The van der Waals surface area contributed by atoms with Gasteiger partial charge in [0.05, 0.1) is 18.3 Å². The molecule has 5 rings (SSSR count). The Hall–Kier alpha value is -3.64. The topological polar surface area (TPSA) is 146 Å². The van der Waals surface area contributed by atoms with E-state index in [0.29, 0.717) is 30.2 Å². The highest BCUT2D eigenvalue weighted by Crippen LogP contribution is 2.39. The maximum atomic E-state index is 14.4. The minimum atomic E-state index is -1.10. The van der Waals surface area contributed by atoms with Crippen LogP contribution in [0.5, 0.6) is 0 Å². The van der Waals surface area contributed by atoms with Crippen molar-refractivity contribution in [3.05, 3.63) is 40.9 Å². The smallest absolute Gasteiger partial charge is 0.408 e. The van der Waals surface area contributed by atoms with Crippen LogP contribution in [0.2, 0.25) is 5.02 Å². The molecule has 3 heterocycles. The molecule has 1 aliphatic carbocycles. The van der Waals surface area contributed by atoms with Crippen LogP contribution in [-0.2, 0) is 28.8 Å². The third-order valence-corrected chi connectivity index (χ3v) is 9.60. The second-order valence-corrected chi connectivity index (χ2v) is 14.6. The number of ether oxygens (including phenoxy) is 1. The molecule has 3 N–H and O–H groups in total. The van der Waals surface area contributed by atoms with Crippen LogP contribution in [0.4, 0.5) is 4.79 Å². The summed E-state index contributed by atoms with van der Waals surface area (Å²) in [6.45, 7) is 8.37. The minimum absolute atomic E-state index is 0.00792. The highest BCUT2D eigenvalue weighted by atomic mass is 35.5. The van der Waals surface area contributed by atoms with E-state index in [1.54, 1.807) is 12.1 Å². The molecule has 4 aliphatic rings. The number of hydroxylamine groups is 1. The second kappa shape index (κ2) is 14.2. The zero-order valence-electron chi connectivity index (χ0n) is 27.6. The highest BCUT2D eigenvalue weighted by molar-refractivity contribution is 6.38. The van der Waals surface area contributed by atoms with E-state index < -0.39 is 58.7 Å². The van der Waals surface area contributed by atoms with Gasteiger partial charge in [-0.15, -0.1) is 0 Å². The average Bonchev–Trinajstić information content (AvgIpc) is 3.74. The summed E-state index contributed by atoms with van der Waals surface area (Å²) in [6, 6.07) is 4.06. The molecule has 3 fully saturated rings. The number of halogens is 1. The molecular weight excluding hydrogens is 626 g/mol. The number of benzene rings is 1. The van der Waals surface area contributed by atoms with Crippen LogP contribution in [0.3, 0.4) is 0 Å². The fourth-order valence-electron chi connectivity index (χ4n) is 6.60. The molecular formula is C34H46ClN5O7. The lowest BCUT2D eigenvalue weighted by atomic mass is 9.85. The summed E-state index contributed by atoms with van der Waals surface area (Å²) in [4.78, 5) is 76.5. The lowest BCUT2D eigenvalue weighted by molar-refractivity contribution is -0.149. The van der Waals surface area contributed by atoms with E-state index in [2.05, 4.69) is 16.1 Å². The van der Waals surface area contributed by atoms with Crippen molar-refractivity contribution in [3.8, 4) is 0 Å². The van der Waals surface area contributed by atoms with Gasteiger partial charge in [-0.1, -0.05) is 57.8 Å². The number of alkyl carbamates (subject to hydrolysis) is 1. The number of Topliss-reactive ketones (excluding diaryl/α,β-unsaturated/α-hetero) is 1. The molecule has 12 nitrogen and oxygen atoms in total. The molecule has 4 atom stereocenters. The SMILES string of the molecule is CCC[C@H](NC(=O)[C@@H]1C[C@]2(C=C(c3cccc(Cl)c3)NO2)CN1C(=O)[C@@H](NC(=O)OC1CCCC1)C(C)(C)C)C(=O)C(=O)N1CCC1. The van der Waals surface area contributed by atoms with Gasteiger partial charge in [0.2, 0.25) is 17.6 Å². The molecule has 0 bridgehead atoms. The third-order valence-electron chi connectivity index (χ3n) is 9.36. The fourth-order valence-corrected chi connectivity index (χ4v) is 6.79. The molecule has 0 unspecified atom stereocenters. The van der Waals surface area contributed by atoms with Gasteiger partial charge in [0.25, 0.3) is 5.91 Å². The minimum Gasteiger partial charge on any atom is -0.446 e. The summed E-state index contributed by atoms with van der Waals surface area (Å²) in [5.74, 6) is -2.34. The molecule has 256 valence electrons. The van der Waals surface area contributed by atoms with Crippen molar-refractivity contribution in [3.63, 3.8) is 0 Å². The van der Waals surface area contributed by atoms with Crippen molar-refractivity contribution < 1.29 is 33.5 Å². The first-order chi connectivity index (χ1) is 22.3. The van der Waals surface area contributed by atoms with Gasteiger partial charge < -0.3 is 25.2 Å². The molecule has 1 spiro atoms. The molecule has 13 heteroatoms. The maximum absolute atomic E-state index is 14.4. The van der Waals surface area contributed by atoms with Crippen molar-refractivity contribution in [2.24, 2.45) is 5.41 Å². The maximum Gasteiger partial charge on any atom is 0.408 e. The number of rotatable bonds is 10. The molecule has 0 radical (unpaired) electrons. The van der Waals surface area contributed by atoms with Crippen LogP contribution in [0.1, 0.15) is 84.6 Å². The van der Waals surface area contributed by atoms with Crippen LogP contribution in [0.15, 0.2) is 30.3 Å². The van der Waals surface area contributed by atoms with Gasteiger partial charge in [0.15, 0.2) is 0 Å². The lowest BCUT2D eigenvalue weighted by Crippen LogP contribution is -2.59. The number of ketones is 1. The molecule has 1 saturated carbocycles. The number of carbonyl (C=O) groups excluding carboxylic acids is 5. The van der Waals surface area contributed by atoms with E-state index in [1.807, 2.05) is 45.9 Å². The van der Waals surface area contributed by atoms with Crippen molar-refractivity contribution in [1.82, 2.24) is 25.9 Å². The number of amides is 4. The number of carbonyl (C=O) groups is 5. The van der Waals surface area contributed by atoms with E-state index >= 15 is 0 Å². The number of hydrogen-bond donors (Lipinski definition) is 3. The predicted octanol–water partition coefficient (Wildman–Crippen LogP) is 3.73. The van der Waals surface area contributed by atoms with Crippen molar-refractivity contribution in [1.29, 1.82) is 0 Å². The van der Waals surface area contributed by atoms with Gasteiger partial charge in [0, 0.05) is 30.1 Å². The first kappa shape index (κ1) is 34.7. The van der Waals surface area contributed by atoms with Gasteiger partial charge in [0.1, 0.15) is 23.8 Å². The monoisotopic (exact) mass is 671 g/mol. The van der Waals surface area contributed by atoms with Crippen molar-refractivity contribution >= 4 is 46.9 Å². The van der Waals surface area contributed by atoms with Gasteiger partial charge >= 0.3 is 6.09 Å². The summed E-state index contributed by atoms with van der Waals surface area (Å²) in [5.41, 5.74) is 2.49. The molecule has 1 aromatic rings. The van der Waals surface area contributed by atoms with Crippen LogP contribution < -0.4 is 16.1 Å². The summed E-state index contributed by atoms with van der Waals surface area (Å²) in [7, 11) is 0. The van der Waals surface area contributed by atoms with E-state index in [4.69, 9.17) is 21.2 Å². The van der Waals surface area contributed by atoms with Crippen LogP contribution in [-0.4, -0.2) is 88.9 Å². The number of hydrogen-bond acceptors (Lipinski definition) is 8. The molecule has 4 amide bonds. The molecule has 47 heavy (non-hydrogen) atoms. The van der Waals surface area contributed by atoms with Gasteiger partial charge in [-0.2, -0.15) is 0 Å². The van der Waals surface area contributed by atoms with E-state index in [1.165, 1.54) is 9.80 Å². The summed E-state index contributed by atoms with van der Waals surface area (Å²) < 4.78 is 5.62. The Balaban J connectivity index is 1.42. The third kappa shape index (κ3) is 7.92. The summed E-state index contributed by atoms with van der Waals surface area (Å²) >= 11 is 6.23. The Bertz CT molecular complexity index is 1420. The van der Waals surface area contributed by atoms with Crippen LogP contribution in [0.25, 0.3) is 5.70 Å². The normalized spacial score (nSPS) is 23.9. The average molecular weight is 672 g/mol. The standard InChI is InChI=1S/C34H46ClN5O7/c1-5-10-24(27(41)30(43)39-15-9-16-39)36-29(42)26-19-34(18-25(38-47-34)21-11-8-12-22(35)17-21)20-40(26)31(44)28(33(2,3)4)37-32(45)46-23-13-6-7-14-23/h8,11-12,17-18,23-24,26,28,38H,5-7,9-10,13-16,19-20H2,1-4H3,(H,36,42)(H,37,45)/t24-,26-,28+,34+/m0/s1. The van der Waals surface area contributed by atoms with E-state index in [9.17, 15) is 24.0 Å². The quantitative estimate of drug-likeness (QED) is 0.319. The Morgan fingerprint density at radius 3 is 2.45 bits per heavy atom. The number of nitrogens with zero attached hydrogens (tertiary/aromatic N) is 2. The number of nitrogens with one attached hydrogen (secondary N) is 3. The van der Waals surface area contributed by atoms with Gasteiger partial charge in [-0.05, 0) is 62.1 Å². The fraction of sp³-hybridized carbons (Fsp3) is 0.618. The Morgan fingerprint density at radius 2 is 1.83 bits per heavy atom. The van der Waals surface area contributed by atoms with Crippen molar-refractivity contribution in [2.45, 2.75) is 109 Å². The zero-order valence-corrected chi connectivity index (χ0v) is 28.4. The van der Waals surface area contributed by atoms with Crippen molar-refractivity contribution in [2.75, 3.05) is 19.6 Å². The summed E-state index contributed by atoms with van der Waals surface area (Å²) in [6.07, 6.45) is 6.21. The predicted molar refractivity (Wildman–Crippen MR) is 175 cm³/mol. The highest BCUT2D eigenvalue weighted by Gasteiger charge is 2.54. The zero-order chi connectivity index (χ0) is 33.9. The second-order valence-electron chi connectivity index (χ2n) is 14.1. The van der Waals surface area contributed by atoms with Crippen LogP contribution >= 0.6 is 11.6 Å². The number of likely N-dealkylation sites (tertiary alicyclic amines) is 2. The van der Waals surface area contributed by atoms with Crippen LogP contribution in [0, 0.1) is 5.41 Å². The molecule has 2 saturated heterocycles. The first-order valence-corrected chi connectivity index (χ1v) is 17.0. The molecule has 3 aliphatic heterocycles. The Kier molecular flexibility index (Phi) is 10.5. The first-order valence-electron chi connectivity index (χ1n) is 16.6. The van der Waals surface area contributed by atoms with Gasteiger partial charge in [-0.3, -0.25) is 29.5 Å². The van der Waals surface area contributed by atoms with E-state index in [-0.39, 0.29) is 25.5 Å². The Morgan fingerprint density at radius 1 is 1.11 bits per heavy atom.